The second kappa shape index (κ2) is 9.03. The van der Waals surface area contributed by atoms with Crippen LogP contribution in [0.5, 0.6) is 0 Å². The average molecular weight is 427 g/mol. The summed E-state index contributed by atoms with van der Waals surface area (Å²) < 4.78 is 46.9. The molecule has 0 saturated heterocycles. The first-order chi connectivity index (χ1) is 13.8. The molecule has 0 saturated carbocycles. The molecule has 0 atom stereocenters. The zero-order chi connectivity index (χ0) is 20.9. The largest absolute Gasteiger partial charge is 0.467 e. The lowest BCUT2D eigenvalue weighted by Gasteiger charge is -2.12. The summed E-state index contributed by atoms with van der Waals surface area (Å²) in [7, 11) is 0. The van der Waals surface area contributed by atoms with Crippen LogP contribution in [0.2, 0.25) is 0 Å². The molecule has 0 aliphatic heterocycles. The molecule has 2 aromatic heterocycles. The van der Waals surface area contributed by atoms with Gasteiger partial charge in [-0.1, -0.05) is 23.9 Å². The van der Waals surface area contributed by atoms with Crippen LogP contribution < -0.4 is 10.9 Å². The Morgan fingerprint density at radius 3 is 2.76 bits per heavy atom. The molecule has 29 heavy (non-hydrogen) atoms. The molecule has 3 aromatic rings. The molecule has 0 radical (unpaired) electrons. The predicted molar refractivity (Wildman–Crippen MR) is 99.9 cm³/mol. The van der Waals surface area contributed by atoms with Gasteiger partial charge in [-0.25, -0.2) is 9.78 Å². The highest BCUT2D eigenvalue weighted by Crippen LogP contribution is 2.19. The highest BCUT2D eigenvalue weighted by Gasteiger charge is 2.29. The summed E-state index contributed by atoms with van der Waals surface area (Å²) in [5.74, 6) is 0.837. The summed E-state index contributed by atoms with van der Waals surface area (Å²) in [5, 5.41) is 3.08. The standard InChI is InChI=1S/C18H16F3N3O4S/c19-18(20,21)11-28-17(26)22-7-9-29-16-23-14-6-2-1-5-13(14)15(25)24(16)10-12-4-3-8-27-12/h1-6,8H,7,9-11H2,(H,22,26). The summed E-state index contributed by atoms with van der Waals surface area (Å²) in [5.41, 5.74) is 0.278. The maximum absolute atomic E-state index is 12.9. The van der Waals surface area contributed by atoms with Crippen molar-refractivity contribution in [2.24, 2.45) is 0 Å². The molecular formula is C18H16F3N3O4S. The van der Waals surface area contributed by atoms with E-state index in [0.717, 1.165) is 0 Å². The normalized spacial score (nSPS) is 11.6. The fourth-order valence-electron chi connectivity index (χ4n) is 2.45. The zero-order valence-corrected chi connectivity index (χ0v) is 15.8. The van der Waals surface area contributed by atoms with Gasteiger partial charge in [-0.2, -0.15) is 13.2 Å². The van der Waals surface area contributed by atoms with Crippen LogP contribution in [0.15, 0.2) is 57.0 Å². The van der Waals surface area contributed by atoms with E-state index < -0.39 is 18.9 Å². The van der Waals surface area contributed by atoms with Gasteiger partial charge in [-0.05, 0) is 24.3 Å². The number of aromatic nitrogens is 2. The summed E-state index contributed by atoms with van der Waals surface area (Å²) in [6.45, 7) is -1.45. The van der Waals surface area contributed by atoms with Crippen molar-refractivity contribution in [2.45, 2.75) is 17.9 Å². The molecule has 7 nitrogen and oxygen atoms in total. The van der Waals surface area contributed by atoms with E-state index >= 15 is 0 Å². The fourth-order valence-corrected chi connectivity index (χ4v) is 3.30. The summed E-state index contributed by atoms with van der Waals surface area (Å²) in [6.07, 6.45) is -4.25. The van der Waals surface area contributed by atoms with Crippen molar-refractivity contribution in [2.75, 3.05) is 18.9 Å². The van der Waals surface area contributed by atoms with Crippen molar-refractivity contribution in [3.63, 3.8) is 0 Å². The molecule has 0 unspecified atom stereocenters. The van der Waals surface area contributed by atoms with E-state index in [1.807, 2.05) is 0 Å². The highest BCUT2D eigenvalue weighted by atomic mass is 32.2. The molecule has 154 valence electrons. The molecule has 11 heteroatoms. The Balaban J connectivity index is 1.69. The number of fused-ring (bicyclic) bond motifs is 1. The Kier molecular flexibility index (Phi) is 6.47. The second-order valence-electron chi connectivity index (χ2n) is 5.85. The lowest BCUT2D eigenvalue weighted by Crippen LogP contribution is -2.30. The van der Waals surface area contributed by atoms with E-state index in [1.165, 1.54) is 22.6 Å². The number of hydrogen-bond donors (Lipinski definition) is 1. The van der Waals surface area contributed by atoms with E-state index in [2.05, 4.69) is 15.0 Å². The Labute approximate surface area is 166 Å². The smallest absolute Gasteiger partial charge is 0.422 e. The highest BCUT2D eigenvalue weighted by molar-refractivity contribution is 7.99. The third-order valence-corrected chi connectivity index (χ3v) is 4.67. The maximum atomic E-state index is 12.9. The first kappa shape index (κ1) is 20.8. The number of hydrogen-bond acceptors (Lipinski definition) is 6. The third kappa shape index (κ3) is 5.76. The van der Waals surface area contributed by atoms with Gasteiger partial charge in [0.05, 0.1) is 23.7 Å². The van der Waals surface area contributed by atoms with Gasteiger partial charge in [-0.15, -0.1) is 0 Å². The summed E-state index contributed by atoms with van der Waals surface area (Å²) in [4.78, 5) is 28.6. The average Bonchev–Trinajstić information content (AvgIpc) is 3.19. The number of carbonyl (C=O) groups excluding carboxylic acids is 1. The van der Waals surface area contributed by atoms with Crippen LogP contribution in [-0.4, -0.2) is 40.7 Å². The van der Waals surface area contributed by atoms with E-state index in [4.69, 9.17) is 4.42 Å². The minimum absolute atomic E-state index is 0.0325. The second-order valence-corrected chi connectivity index (χ2v) is 6.91. The molecule has 0 aliphatic rings. The molecule has 1 N–H and O–H groups in total. The maximum Gasteiger partial charge on any atom is 0.422 e. The van der Waals surface area contributed by atoms with Gasteiger partial charge < -0.3 is 14.5 Å². The van der Waals surface area contributed by atoms with E-state index in [0.29, 0.717) is 21.8 Å². The number of benzene rings is 1. The van der Waals surface area contributed by atoms with Crippen LogP contribution in [-0.2, 0) is 11.3 Å². The quantitative estimate of drug-likeness (QED) is 0.353. The van der Waals surface area contributed by atoms with Crippen molar-refractivity contribution in [3.05, 3.63) is 58.8 Å². The monoisotopic (exact) mass is 427 g/mol. The number of alkyl halides is 3. The van der Waals surface area contributed by atoms with Gasteiger partial charge >= 0.3 is 12.3 Å². The number of alkyl carbamates (subject to hydrolysis) is 1. The molecule has 2 heterocycles. The van der Waals surface area contributed by atoms with Crippen molar-refractivity contribution in [1.82, 2.24) is 14.9 Å². The molecule has 0 spiro atoms. The topological polar surface area (TPSA) is 86.4 Å². The minimum atomic E-state index is -4.58. The van der Waals surface area contributed by atoms with Crippen molar-refractivity contribution < 1.29 is 27.1 Å². The number of nitrogens with zero attached hydrogens (tertiary/aromatic N) is 2. The number of rotatable bonds is 7. The van der Waals surface area contributed by atoms with Crippen LogP contribution in [0.25, 0.3) is 10.9 Å². The number of ether oxygens (including phenoxy) is 1. The minimum Gasteiger partial charge on any atom is -0.467 e. The number of para-hydroxylation sites is 1. The molecule has 1 aromatic carbocycles. The molecule has 3 rings (SSSR count). The van der Waals surface area contributed by atoms with Crippen LogP contribution in [0.3, 0.4) is 0 Å². The Hall–Kier alpha value is -2.95. The van der Waals surface area contributed by atoms with Crippen LogP contribution in [0, 0.1) is 0 Å². The fraction of sp³-hybridized carbons (Fsp3) is 0.278. The van der Waals surface area contributed by atoms with Crippen molar-refractivity contribution >= 4 is 28.8 Å². The van der Waals surface area contributed by atoms with Gasteiger partial charge in [0.2, 0.25) is 0 Å². The Morgan fingerprint density at radius 2 is 2.03 bits per heavy atom. The number of carbonyl (C=O) groups is 1. The van der Waals surface area contributed by atoms with Crippen molar-refractivity contribution in [3.8, 4) is 0 Å². The molecule has 0 fully saturated rings. The van der Waals surface area contributed by atoms with Gasteiger partial charge in [-0.3, -0.25) is 9.36 Å². The first-order valence-electron chi connectivity index (χ1n) is 8.45. The Morgan fingerprint density at radius 1 is 1.24 bits per heavy atom. The lowest BCUT2D eigenvalue weighted by molar-refractivity contribution is -0.160. The first-order valence-corrected chi connectivity index (χ1v) is 9.44. The predicted octanol–water partition coefficient (Wildman–Crippen LogP) is 3.42. The SMILES string of the molecule is O=C(NCCSc1nc2ccccc2c(=O)n1Cc1ccco1)OCC(F)(F)F. The summed E-state index contributed by atoms with van der Waals surface area (Å²) >= 11 is 1.18. The number of nitrogens with one attached hydrogen (secondary N) is 1. The van der Waals surface area contributed by atoms with Gasteiger partial charge in [0, 0.05) is 12.3 Å². The van der Waals surface area contributed by atoms with Crippen LogP contribution in [0.4, 0.5) is 18.0 Å². The van der Waals surface area contributed by atoms with Gasteiger partial charge in [0.1, 0.15) is 5.76 Å². The number of thioether (sulfide) groups is 1. The third-order valence-electron chi connectivity index (χ3n) is 3.69. The van der Waals surface area contributed by atoms with Gasteiger partial charge in [0.25, 0.3) is 5.56 Å². The van der Waals surface area contributed by atoms with E-state index in [-0.39, 0.29) is 24.4 Å². The van der Waals surface area contributed by atoms with Crippen molar-refractivity contribution in [1.29, 1.82) is 0 Å². The number of amides is 1. The van der Waals surface area contributed by atoms with Gasteiger partial charge in [0.15, 0.2) is 11.8 Å². The number of furan rings is 1. The van der Waals surface area contributed by atoms with E-state index in [9.17, 15) is 22.8 Å². The molecule has 1 amide bonds. The molecule has 0 bridgehead atoms. The van der Waals surface area contributed by atoms with Crippen LogP contribution >= 0.6 is 11.8 Å². The van der Waals surface area contributed by atoms with E-state index in [1.54, 1.807) is 36.4 Å². The molecular weight excluding hydrogens is 411 g/mol. The Bertz CT molecular complexity index is 1030. The lowest BCUT2D eigenvalue weighted by atomic mass is 10.2. The van der Waals surface area contributed by atoms with Crippen LogP contribution in [0.1, 0.15) is 5.76 Å². The molecule has 0 aliphatic carbocycles. The zero-order valence-electron chi connectivity index (χ0n) is 14.9. The summed E-state index contributed by atoms with van der Waals surface area (Å²) in [6, 6.07) is 10.3. The number of halogens is 3.